The average Bonchev–Trinajstić information content (AvgIpc) is 2.93. The molecule has 2 rings (SSSR count). The summed E-state index contributed by atoms with van der Waals surface area (Å²) in [7, 11) is 0. The Morgan fingerprint density at radius 3 is 3.10 bits per heavy atom. The smallest absolute Gasteiger partial charge is 0.270 e. The number of rotatable bonds is 6. The number of nitrogens with one attached hydrogen (secondary N) is 2. The molecule has 1 fully saturated rings. The number of hydrogen-bond donors (Lipinski definition) is 2. The summed E-state index contributed by atoms with van der Waals surface area (Å²) in [4.78, 5) is 18.7. The van der Waals surface area contributed by atoms with Crippen LogP contribution in [0.2, 0.25) is 0 Å². The Hall–Kier alpha value is -1.62. The molecule has 1 aromatic heterocycles. The van der Waals surface area contributed by atoms with Gasteiger partial charge in [-0.15, -0.1) is 0 Å². The molecule has 0 spiro atoms. The zero-order chi connectivity index (χ0) is 14.4. The molecule has 2 N–H and O–H groups in total. The topological polar surface area (TPSA) is 57.3 Å². The molecule has 1 saturated heterocycles. The number of hydrogen-bond acceptors (Lipinski definition) is 4. The van der Waals surface area contributed by atoms with Gasteiger partial charge in [0, 0.05) is 31.0 Å². The van der Waals surface area contributed by atoms with Gasteiger partial charge in [-0.2, -0.15) is 0 Å². The van der Waals surface area contributed by atoms with E-state index < -0.39 is 0 Å². The number of nitrogens with zero attached hydrogens (tertiary/aromatic N) is 2. The van der Waals surface area contributed by atoms with Gasteiger partial charge >= 0.3 is 0 Å². The Bertz CT molecular complexity index is 449. The average molecular weight is 276 g/mol. The second kappa shape index (κ2) is 7.24. The molecule has 0 saturated carbocycles. The molecule has 1 amide bonds. The minimum absolute atomic E-state index is 0.0901. The maximum Gasteiger partial charge on any atom is 0.270 e. The molecule has 0 aliphatic carbocycles. The maximum absolute atomic E-state index is 12.1. The molecule has 1 atom stereocenters. The van der Waals surface area contributed by atoms with Crippen molar-refractivity contribution in [3.8, 4) is 0 Å². The number of aromatic nitrogens is 1. The van der Waals surface area contributed by atoms with Gasteiger partial charge in [0.1, 0.15) is 5.69 Å². The molecule has 0 radical (unpaired) electrons. The van der Waals surface area contributed by atoms with Crippen LogP contribution in [0, 0.1) is 0 Å². The summed E-state index contributed by atoms with van der Waals surface area (Å²) in [6.07, 6.45) is 4.06. The summed E-state index contributed by atoms with van der Waals surface area (Å²) in [6.45, 7) is 7.93. The van der Waals surface area contributed by atoms with Crippen molar-refractivity contribution in [3.05, 3.63) is 24.0 Å². The summed E-state index contributed by atoms with van der Waals surface area (Å²) in [5.41, 5.74) is 1.41. The van der Waals surface area contributed by atoms with Gasteiger partial charge in [-0.1, -0.05) is 6.92 Å². The molecule has 0 bridgehead atoms. The molecule has 1 aliphatic rings. The lowest BCUT2D eigenvalue weighted by Crippen LogP contribution is -2.40. The van der Waals surface area contributed by atoms with Crippen LogP contribution in [0.15, 0.2) is 18.3 Å². The first-order valence-electron chi connectivity index (χ1n) is 7.46. The summed E-state index contributed by atoms with van der Waals surface area (Å²) in [5, 5.41) is 6.19. The number of carbonyl (C=O) groups is 1. The van der Waals surface area contributed by atoms with Crippen LogP contribution in [0.5, 0.6) is 0 Å². The van der Waals surface area contributed by atoms with Crippen LogP contribution in [-0.4, -0.2) is 48.0 Å². The normalized spacial score (nSPS) is 19.0. The first kappa shape index (κ1) is 14.8. The fraction of sp³-hybridized carbons (Fsp3) is 0.600. The van der Waals surface area contributed by atoms with Crippen LogP contribution in [0.4, 0.5) is 5.69 Å². The van der Waals surface area contributed by atoms with Gasteiger partial charge in [-0.25, -0.2) is 0 Å². The van der Waals surface area contributed by atoms with Crippen LogP contribution in [0.3, 0.4) is 0 Å². The Morgan fingerprint density at radius 2 is 2.35 bits per heavy atom. The molecule has 5 nitrogen and oxygen atoms in total. The zero-order valence-electron chi connectivity index (χ0n) is 12.4. The first-order chi connectivity index (χ1) is 9.74. The van der Waals surface area contributed by atoms with Crippen molar-refractivity contribution in [2.75, 3.05) is 31.5 Å². The molecule has 5 heteroatoms. The molecule has 1 aromatic rings. The second-order valence-corrected chi connectivity index (χ2v) is 5.09. The number of carbonyl (C=O) groups excluding carboxylic acids is 1. The number of pyridine rings is 1. The molecule has 2 heterocycles. The van der Waals surface area contributed by atoms with E-state index >= 15 is 0 Å². The monoisotopic (exact) mass is 276 g/mol. The first-order valence-corrected chi connectivity index (χ1v) is 7.46. The van der Waals surface area contributed by atoms with Gasteiger partial charge in [-0.05, 0) is 45.0 Å². The SMILES string of the molecule is CCNc1ccnc(C(=O)NCC2CCCN2CC)c1. The molecular weight excluding hydrogens is 252 g/mol. The van der Waals surface area contributed by atoms with E-state index in [1.165, 1.54) is 12.8 Å². The minimum atomic E-state index is -0.0901. The van der Waals surface area contributed by atoms with E-state index in [1.807, 2.05) is 13.0 Å². The third-order valence-electron chi connectivity index (χ3n) is 3.78. The highest BCUT2D eigenvalue weighted by atomic mass is 16.1. The van der Waals surface area contributed by atoms with Crippen LogP contribution in [0.1, 0.15) is 37.2 Å². The van der Waals surface area contributed by atoms with Crippen molar-refractivity contribution in [1.29, 1.82) is 0 Å². The fourth-order valence-corrected chi connectivity index (χ4v) is 2.71. The molecule has 0 aromatic carbocycles. The van der Waals surface area contributed by atoms with Crippen LogP contribution in [-0.2, 0) is 0 Å². The highest BCUT2D eigenvalue weighted by molar-refractivity contribution is 5.93. The van der Waals surface area contributed by atoms with Crippen LogP contribution >= 0.6 is 0 Å². The zero-order valence-corrected chi connectivity index (χ0v) is 12.4. The number of anilines is 1. The van der Waals surface area contributed by atoms with Gasteiger partial charge in [0.05, 0.1) is 0 Å². The maximum atomic E-state index is 12.1. The quantitative estimate of drug-likeness (QED) is 0.831. The van der Waals surface area contributed by atoms with E-state index in [-0.39, 0.29) is 5.91 Å². The van der Waals surface area contributed by atoms with E-state index in [0.29, 0.717) is 18.3 Å². The molecule has 1 unspecified atom stereocenters. The summed E-state index contributed by atoms with van der Waals surface area (Å²) in [6, 6.07) is 4.14. The summed E-state index contributed by atoms with van der Waals surface area (Å²) >= 11 is 0. The van der Waals surface area contributed by atoms with Crippen molar-refractivity contribution < 1.29 is 4.79 Å². The van der Waals surface area contributed by atoms with Crippen LogP contribution < -0.4 is 10.6 Å². The van der Waals surface area contributed by atoms with Crippen molar-refractivity contribution in [3.63, 3.8) is 0 Å². The predicted octanol–water partition coefficient (Wildman–Crippen LogP) is 1.73. The largest absolute Gasteiger partial charge is 0.385 e. The Morgan fingerprint density at radius 1 is 1.50 bits per heavy atom. The molecule has 110 valence electrons. The van der Waals surface area contributed by atoms with E-state index in [0.717, 1.165) is 25.3 Å². The molecule has 20 heavy (non-hydrogen) atoms. The Balaban J connectivity index is 1.89. The van der Waals surface area contributed by atoms with Crippen LogP contribution in [0.25, 0.3) is 0 Å². The van der Waals surface area contributed by atoms with E-state index in [4.69, 9.17) is 0 Å². The lowest BCUT2D eigenvalue weighted by molar-refractivity contribution is 0.0936. The van der Waals surface area contributed by atoms with E-state index in [9.17, 15) is 4.79 Å². The standard InChI is InChI=1S/C15H24N4O/c1-3-16-12-7-8-17-14(10-12)15(20)18-11-13-6-5-9-19(13)4-2/h7-8,10,13H,3-6,9,11H2,1-2H3,(H,16,17)(H,18,20). The van der Waals surface area contributed by atoms with Gasteiger partial charge in [0.2, 0.25) is 0 Å². The number of likely N-dealkylation sites (tertiary alicyclic amines) is 1. The molecule has 1 aliphatic heterocycles. The Labute approximate surface area is 120 Å². The van der Waals surface area contributed by atoms with Gasteiger partial charge in [0.25, 0.3) is 5.91 Å². The second-order valence-electron chi connectivity index (χ2n) is 5.09. The van der Waals surface area contributed by atoms with Crippen molar-refractivity contribution in [1.82, 2.24) is 15.2 Å². The van der Waals surface area contributed by atoms with Gasteiger partial charge in [-0.3, -0.25) is 14.7 Å². The third kappa shape index (κ3) is 3.70. The van der Waals surface area contributed by atoms with Crippen molar-refractivity contribution >= 4 is 11.6 Å². The van der Waals surface area contributed by atoms with E-state index in [1.54, 1.807) is 12.3 Å². The number of likely N-dealkylation sites (N-methyl/N-ethyl adjacent to an activating group) is 1. The lowest BCUT2D eigenvalue weighted by atomic mass is 10.2. The van der Waals surface area contributed by atoms with Crippen molar-refractivity contribution in [2.45, 2.75) is 32.7 Å². The lowest BCUT2D eigenvalue weighted by Gasteiger charge is -2.22. The summed E-state index contributed by atoms with van der Waals surface area (Å²) in [5.74, 6) is -0.0901. The predicted molar refractivity (Wildman–Crippen MR) is 81.0 cm³/mol. The van der Waals surface area contributed by atoms with E-state index in [2.05, 4.69) is 27.4 Å². The fourth-order valence-electron chi connectivity index (χ4n) is 2.71. The molecular formula is C15H24N4O. The highest BCUT2D eigenvalue weighted by Crippen LogP contribution is 2.15. The summed E-state index contributed by atoms with van der Waals surface area (Å²) < 4.78 is 0. The Kier molecular flexibility index (Phi) is 5.35. The minimum Gasteiger partial charge on any atom is -0.385 e. The third-order valence-corrected chi connectivity index (χ3v) is 3.78. The van der Waals surface area contributed by atoms with Crippen molar-refractivity contribution in [2.24, 2.45) is 0 Å². The van der Waals surface area contributed by atoms with Gasteiger partial charge in [0.15, 0.2) is 0 Å². The number of amides is 1. The van der Waals surface area contributed by atoms with Gasteiger partial charge < -0.3 is 10.6 Å². The highest BCUT2D eigenvalue weighted by Gasteiger charge is 2.23.